The third kappa shape index (κ3) is 7.44. The second kappa shape index (κ2) is 12.3. The Balaban J connectivity index is 2.07. The zero-order valence-corrected chi connectivity index (χ0v) is 26.0. The summed E-state index contributed by atoms with van der Waals surface area (Å²) in [4.78, 5) is 3.37. The quantitative estimate of drug-likeness (QED) is 0.284. The van der Waals surface area contributed by atoms with Gasteiger partial charge in [0.05, 0.1) is 0 Å². The monoisotopic (exact) mass is 522 g/mol. The van der Waals surface area contributed by atoms with Gasteiger partial charge in [-0.3, -0.25) is 0 Å². The van der Waals surface area contributed by atoms with Crippen molar-refractivity contribution in [2.24, 2.45) is 11.7 Å². The standard InChI is InChI=1S/C37H50N2/c1-11-27(17-20-29-23-30(36(5,6)7)24-32(31(29)12-2)37(8,9)10)22-26(4)35(38)34(33-14-13-21-39-33)28-18-15-25(3)16-19-28/h13-24,27,39H,11-12,38H2,1-10H3/b20-17+,26-22-,35-34-. The molecule has 0 aliphatic carbocycles. The Labute approximate surface area is 238 Å². The molecule has 3 rings (SSSR count). The summed E-state index contributed by atoms with van der Waals surface area (Å²) < 4.78 is 0. The summed E-state index contributed by atoms with van der Waals surface area (Å²) in [6.07, 6.45) is 11.0. The Morgan fingerprint density at radius 2 is 1.62 bits per heavy atom. The molecule has 208 valence electrons. The molecule has 1 unspecified atom stereocenters. The van der Waals surface area contributed by atoms with Crippen LogP contribution in [0.4, 0.5) is 0 Å². The van der Waals surface area contributed by atoms with Gasteiger partial charge in [-0.25, -0.2) is 0 Å². The summed E-state index contributed by atoms with van der Waals surface area (Å²) in [5.41, 5.74) is 19.1. The highest BCUT2D eigenvalue weighted by molar-refractivity contribution is 5.82. The molecule has 1 atom stereocenters. The third-order valence-corrected chi connectivity index (χ3v) is 7.67. The van der Waals surface area contributed by atoms with Crippen molar-refractivity contribution in [2.45, 2.75) is 92.9 Å². The maximum atomic E-state index is 6.88. The van der Waals surface area contributed by atoms with Gasteiger partial charge in [0.15, 0.2) is 0 Å². The normalized spacial score (nSPS) is 14.6. The number of rotatable bonds is 8. The highest BCUT2D eigenvalue weighted by Crippen LogP contribution is 2.35. The minimum absolute atomic E-state index is 0.0962. The van der Waals surface area contributed by atoms with Gasteiger partial charge in [0, 0.05) is 23.2 Å². The first kappa shape index (κ1) is 30.3. The number of aromatic nitrogens is 1. The fraction of sp³-hybridized carbons (Fsp3) is 0.405. The predicted molar refractivity (Wildman–Crippen MR) is 172 cm³/mol. The van der Waals surface area contributed by atoms with E-state index in [4.69, 9.17) is 5.73 Å². The lowest BCUT2D eigenvalue weighted by atomic mass is 9.76. The van der Waals surface area contributed by atoms with E-state index >= 15 is 0 Å². The number of benzene rings is 2. The summed E-state index contributed by atoms with van der Waals surface area (Å²) in [6, 6.07) is 17.6. The van der Waals surface area contributed by atoms with E-state index in [0.717, 1.165) is 40.9 Å². The van der Waals surface area contributed by atoms with Crippen LogP contribution in [-0.4, -0.2) is 4.98 Å². The molecule has 0 bridgehead atoms. The summed E-state index contributed by atoms with van der Waals surface area (Å²) in [5, 5.41) is 0. The van der Waals surface area contributed by atoms with Crippen molar-refractivity contribution in [1.82, 2.24) is 4.98 Å². The Bertz CT molecular complexity index is 1330. The predicted octanol–water partition coefficient (Wildman–Crippen LogP) is 9.88. The van der Waals surface area contributed by atoms with Gasteiger partial charge in [-0.15, -0.1) is 0 Å². The van der Waals surface area contributed by atoms with E-state index in [0.29, 0.717) is 0 Å². The van der Waals surface area contributed by atoms with Crippen molar-refractivity contribution in [2.75, 3.05) is 0 Å². The first-order chi connectivity index (χ1) is 18.3. The lowest BCUT2D eigenvalue weighted by Gasteiger charge is -2.29. The van der Waals surface area contributed by atoms with Crippen molar-refractivity contribution in [3.63, 3.8) is 0 Å². The maximum absolute atomic E-state index is 6.88. The molecule has 2 nitrogen and oxygen atoms in total. The number of aryl methyl sites for hydroxylation is 1. The largest absolute Gasteiger partial charge is 0.398 e. The van der Waals surface area contributed by atoms with Crippen LogP contribution in [0.25, 0.3) is 11.6 Å². The van der Waals surface area contributed by atoms with E-state index in [1.165, 1.54) is 27.8 Å². The third-order valence-electron chi connectivity index (χ3n) is 7.67. The molecule has 0 saturated heterocycles. The Morgan fingerprint density at radius 1 is 0.949 bits per heavy atom. The van der Waals surface area contributed by atoms with Crippen LogP contribution in [-0.2, 0) is 17.3 Å². The van der Waals surface area contributed by atoms with Gasteiger partial charge >= 0.3 is 0 Å². The first-order valence-corrected chi connectivity index (χ1v) is 14.5. The molecule has 39 heavy (non-hydrogen) atoms. The van der Waals surface area contributed by atoms with Crippen molar-refractivity contribution < 1.29 is 0 Å². The van der Waals surface area contributed by atoms with Crippen LogP contribution in [0, 0.1) is 12.8 Å². The number of nitrogens with one attached hydrogen (secondary N) is 1. The highest BCUT2D eigenvalue weighted by Gasteiger charge is 2.23. The number of nitrogens with two attached hydrogens (primary N) is 1. The van der Waals surface area contributed by atoms with Crippen molar-refractivity contribution in [3.8, 4) is 0 Å². The molecule has 0 fully saturated rings. The van der Waals surface area contributed by atoms with Crippen molar-refractivity contribution in [3.05, 3.63) is 117 Å². The lowest BCUT2D eigenvalue weighted by Crippen LogP contribution is -2.19. The molecule has 0 amide bonds. The summed E-state index contributed by atoms with van der Waals surface area (Å²) in [6.45, 7) is 22.7. The van der Waals surface area contributed by atoms with Crippen LogP contribution in [0.2, 0.25) is 0 Å². The minimum Gasteiger partial charge on any atom is -0.398 e. The van der Waals surface area contributed by atoms with Gasteiger partial charge in [-0.2, -0.15) is 0 Å². The molecule has 0 saturated carbocycles. The Morgan fingerprint density at radius 3 is 2.13 bits per heavy atom. The van der Waals surface area contributed by atoms with Gasteiger partial charge in [0.25, 0.3) is 0 Å². The first-order valence-electron chi connectivity index (χ1n) is 14.5. The van der Waals surface area contributed by atoms with Gasteiger partial charge in [-0.1, -0.05) is 116 Å². The molecular formula is C37H50N2. The van der Waals surface area contributed by atoms with E-state index in [1.807, 2.05) is 12.3 Å². The molecule has 0 aliphatic rings. The van der Waals surface area contributed by atoms with Gasteiger partial charge < -0.3 is 10.7 Å². The zero-order valence-electron chi connectivity index (χ0n) is 26.0. The van der Waals surface area contributed by atoms with E-state index < -0.39 is 0 Å². The molecule has 0 radical (unpaired) electrons. The number of H-pyrrole nitrogens is 1. The smallest absolute Gasteiger partial charge is 0.0480 e. The van der Waals surface area contributed by atoms with Crippen molar-refractivity contribution >= 4 is 11.6 Å². The van der Waals surface area contributed by atoms with Crippen LogP contribution in [0.1, 0.15) is 108 Å². The fourth-order valence-corrected chi connectivity index (χ4v) is 5.15. The zero-order chi connectivity index (χ0) is 29.0. The molecule has 0 spiro atoms. The molecule has 0 aliphatic heterocycles. The number of hydrogen-bond donors (Lipinski definition) is 2. The molecule has 3 aromatic rings. The highest BCUT2D eigenvalue weighted by atomic mass is 14.7. The molecule has 2 aromatic carbocycles. The number of allylic oxidation sites excluding steroid dienone is 3. The molecular weight excluding hydrogens is 472 g/mol. The fourth-order valence-electron chi connectivity index (χ4n) is 5.15. The molecule has 2 heteroatoms. The van der Waals surface area contributed by atoms with Gasteiger partial charge in [-0.05, 0) is 89.0 Å². The van der Waals surface area contributed by atoms with Crippen LogP contribution >= 0.6 is 0 Å². The number of aromatic amines is 1. The molecule has 3 N–H and O–H groups in total. The van der Waals surface area contributed by atoms with Crippen LogP contribution in [0.3, 0.4) is 0 Å². The Kier molecular flexibility index (Phi) is 9.54. The van der Waals surface area contributed by atoms with E-state index in [2.05, 4.69) is 135 Å². The summed E-state index contributed by atoms with van der Waals surface area (Å²) in [5.74, 6) is 0.285. The van der Waals surface area contributed by atoms with Gasteiger partial charge in [0.1, 0.15) is 0 Å². The average molecular weight is 523 g/mol. The van der Waals surface area contributed by atoms with E-state index in [1.54, 1.807) is 0 Å². The SMILES string of the molecule is CCc1c(/C=C/C(/C=C(C)\C(N)=C(/c2ccc(C)cc2)c2ccc[nH]2)CC)cc(C(C)(C)C)cc1C(C)(C)C. The lowest BCUT2D eigenvalue weighted by molar-refractivity contribution is 0.563. The second-order valence-corrected chi connectivity index (χ2v) is 13.0. The van der Waals surface area contributed by atoms with E-state index in [9.17, 15) is 0 Å². The van der Waals surface area contributed by atoms with Crippen LogP contribution < -0.4 is 5.73 Å². The van der Waals surface area contributed by atoms with Gasteiger partial charge in [0.2, 0.25) is 0 Å². The average Bonchev–Trinajstić information content (AvgIpc) is 3.40. The second-order valence-electron chi connectivity index (χ2n) is 13.0. The topological polar surface area (TPSA) is 41.8 Å². The van der Waals surface area contributed by atoms with E-state index in [-0.39, 0.29) is 16.7 Å². The Hall–Kier alpha value is -3.26. The van der Waals surface area contributed by atoms with Crippen LogP contribution in [0.5, 0.6) is 0 Å². The maximum Gasteiger partial charge on any atom is 0.0480 e. The minimum atomic E-state index is 0.0962. The van der Waals surface area contributed by atoms with Crippen LogP contribution in [0.15, 0.2) is 78.1 Å². The molecule has 1 aromatic heterocycles. The summed E-state index contributed by atoms with van der Waals surface area (Å²) >= 11 is 0. The summed E-state index contributed by atoms with van der Waals surface area (Å²) in [7, 11) is 0. The van der Waals surface area contributed by atoms with Crippen molar-refractivity contribution in [1.29, 1.82) is 0 Å². The molecule has 1 heterocycles. The number of hydrogen-bond acceptors (Lipinski definition) is 1.